The lowest BCUT2D eigenvalue weighted by Gasteiger charge is -2.38. The number of fused-ring (bicyclic) bond motifs is 2. The maximum absolute atomic E-state index is 11.8. The molecule has 1 fully saturated rings. The fourth-order valence-electron chi connectivity index (χ4n) is 2.40. The zero-order valence-electron chi connectivity index (χ0n) is 7.45. The highest BCUT2D eigenvalue weighted by Gasteiger charge is 2.49. The Morgan fingerprint density at radius 3 is 3.00 bits per heavy atom. The molecule has 2 rings (SSSR count). The van der Waals surface area contributed by atoms with Crippen LogP contribution in [0.15, 0.2) is 12.2 Å². The van der Waals surface area contributed by atoms with Crippen LogP contribution in [0.3, 0.4) is 0 Å². The Hall–Kier alpha value is -1.12. The van der Waals surface area contributed by atoms with Gasteiger partial charge in [0, 0.05) is 5.92 Å². The van der Waals surface area contributed by atoms with Gasteiger partial charge in [0.25, 0.3) is 0 Å². The van der Waals surface area contributed by atoms with Gasteiger partial charge in [-0.15, -0.1) is 0 Å². The monoisotopic (exact) mass is 179 g/mol. The minimum Gasteiger partial charge on any atom is -0.369 e. The lowest BCUT2D eigenvalue weighted by Crippen LogP contribution is -2.50. The second-order valence-corrected chi connectivity index (χ2v) is 3.94. The van der Waals surface area contributed by atoms with Crippen molar-refractivity contribution < 1.29 is 9.59 Å². The Morgan fingerprint density at radius 2 is 2.38 bits per heavy atom. The first-order valence-corrected chi connectivity index (χ1v) is 4.68. The van der Waals surface area contributed by atoms with Crippen molar-refractivity contribution in [1.29, 1.82) is 0 Å². The average Bonchev–Trinajstić information content (AvgIpc) is 2.03. The minimum atomic E-state index is -0.850. The molecule has 0 radical (unpaired) electrons. The number of nitrogens with two attached hydrogens (primary N) is 1. The molecule has 70 valence electrons. The van der Waals surface area contributed by atoms with Gasteiger partial charge in [0.15, 0.2) is 5.78 Å². The Kier molecular flexibility index (Phi) is 1.75. The van der Waals surface area contributed by atoms with E-state index in [0.717, 1.165) is 12.8 Å². The molecule has 0 unspecified atom stereocenters. The zero-order valence-corrected chi connectivity index (χ0v) is 7.45. The predicted octanol–water partition coefficient (Wildman–Crippen LogP) is 0.787. The first-order chi connectivity index (χ1) is 6.17. The van der Waals surface area contributed by atoms with Crippen LogP contribution < -0.4 is 5.73 Å². The Balaban J connectivity index is 2.42. The van der Waals surface area contributed by atoms with E-state index in [1.54, 1.807) is 0 Å². The van der Waals surface area contributed by atoms with Crippen LogP contribution in [0.1, 0.15) is 25.7 Å². The van der Waals surface area contributed by atoms with Crippen LogP contribution in [0.5, 0.6) is 0 Å². The number of hydrogen-bond donors (Lipinski definition) is 1. The van der Waals surface area contributed by atoms with Gasteiger partial charge in [0.05, 0.1) is 0 Å². The van der Waals surface area contributed by atoms with Gasteiger partial charge >= 0.3 is 0 Å². The fraction of sp³-hybridized carbons (Fsp3) is 0.600. The number of amides is 1. The predicted molar refractivity (Wildman–Crippen MR) is 47.7 cm³/mol. The molecule has 3 nitrogen and oxygen atoms in total. The largest absolute Gasteiger partial charge is 0.369 e. The van der Waals surface area contributed by atoms with E-state index in [0.29, 0.717) is 12.8 Å². The standard InChI is InChI=1S/C10H13NO2/c11-9(13)10-5-1-3-7(8(10)12)4-2-6-10/h1,3,7H,2,4-6H2,(H2,11,13)/t7-,10+/m1/s1. The summed E-state index contributed by atoms with van der Waals surface area (Å²) < 4.78 is 0. The number of carbonyl (C=O) groups is 2. The number of carbonyl (C=O) groups excluding carboxylic acids is 2. The van der Waals surface area contributed by atoms with Crippen LogP contribution in [0.2, 0.25) is 0 Å². The Morgan fingerprint density at radius 1 is 1.62 bits per heavy atom. The third-order valence-electron chi connectivity index (χ3n) is 3.23. The molecule has 1 saturated carbocycles. The maximum Gasteiger partial charge on any atom is 0.231 e. The van der Waals surface area contributed by atoms with E-state index in [-0.39, 0.29) is 11.7 Å². The molecular formula is C10H13NO2. The fourth-order valence-corrected chi connectivity index (χ4v) is 2.40. The minimum absolute atomic E-state index is 0.0463. The highest BCUT2D eigenvalue weighted by molar-refractivity contribution is 6.08. The first kappa shape index (κ1) is 8.48. The molecule has 0 aromatic carbocycles. The number of ketones is 1. The van der Waals surface area contributed by atoms with Crippen molar-refractivity contribution in [3.05, 3.63) is 12.2 Å². The Labute approximate surface area is 77.0 Å². The van der Waals surface area contributed by atoms with Gasteiger partial charge in [-0.05, 0) is 19.3 Å². The lowest BCUT2D eigenvalue weighted by atomic mass is 9.63. The normalized spacial score (nSPS) is 37.5. The molecule has 0 heterocycles. The third kappa shape index (κ3) is 1.03. The van der Waals surface area contributed by atoms with Gasteiger partial charge in [0.1, 0.15) is 5.41 Å². The van der Waals surface area contributed by atoms with Crippen molar-refractivity contribution in [3.8, 4) is 0 Å². The molecule has 0 saturated heterocycles. The summed E-state index contributed by atoms with van der Waals surface area (Å²) in [5.74, 6) is -0.435. The quantitative estimate of drug-likeness (QED) is 0.478. The van der Waals surface area contributed by atoms with Crippen molar-refractivity contribution in [2.45, 2.75) is 25.7 Å². The molecule has 13 heavy (non-hydrogen) atoms. The van der Waals surface area contributed by atoms with Crippen LogP contribution in [0.25, 0.3) is 0 Å². The molecule has 0 aromatic rings. The van der Waals surface area contributed by atoms with E-state index >= 15 is 0 Å². The van der Waals surface area contributed by atoms with E-state index in [1.807, 2.05) is 12.2 Å². The van der Waals surface area contributed by atoms with Crippen LogP contribution >= 0.6 is 0 Å². The van der Waals surface area contributed by atoms with Crippen molar-refractivity contribution in [1.82, 2.24) is 0 Å². The number of hydrogen-bond acceptors (Lipinski definition) is 2. The van der Waals surface area contributed by atoms with Crippen molar-refractivity contribution >= 4 is 11.7 Å². The molecule has 0 aliphatic heterocycles. The van der Waals surface area contributed by atoms with Gasteiger partial charge < -0.3 is 5.73 Å². The van der Waals surface area contributed by atoms with Gasteiger partial charge in [-0.1, -0.05) is 18.6 Å². The molecule has 2 N–H and O–H groups in total. The molecule has 1 amide bonds. The molecular weight excluding hydrogens is 166 g/mol. The SMILES string of the molecule is NC(=O)[C@@]12CC=C[C@H](CCC1)C2=O. The topological polar surface area (TPSA) is 60.2 Å². The van der Waals surface area contributed by atoms with Gasteiger partial charge in [0.2, 0.25) is 5.91 Å². The summed E-state index contributed by atoms with van der Waals surface area (Å²) >= 11 is 0. The van der Waals surface area contributed by atoms with Crippen molar-refractivity contribution in [3.63, 3.8) is 0 Å². The average molecular weight is 179 g/mol. The number of rotatable bonds is 1. The van der Waals surface area contributed by atoms with E-state index in [1.165, 1.54) is 0 Å². The van der Waals surface area contributed by atoms with Crippen molar-refractivity contribution in [2.24, 2.45) is 17.1 Å². The van der Waals surface area contributed by atoms with Gasteiger partial charge in [-0.25, -0.2) is 0 Å². The first-order valence-electron chi connectivity index (χ1n) is 4.68. The van der Waals surface area contributed by atoms with E-state index in [2.05, 4.69) is 0 Å². The van der Waals surface area contributed by atoms with Crippen molar-refractivity contribution in [2.75, 3.05) is 0 Å². The smallest absolute Gasteiger partial charge is 0.231 e. The van der Waals surface area contributed by atoms with Crippen LogP contribution in [-0.4, -0.2) is 11.7 Å². The summed E-state index contributed by atoms with van der Waals surface area (Å²) in [5, 5.41) is 0. The number of primary amides is 1. The third-order valence-corrected chi connectivity index (χ3v) is 3.23. The molecule has 2 atom stereocenters. The number of Topliss-reactive ketones (excluding diaryl/α,β-unsaturated/α-hetero) is 1. The summed E-state index contributed by atoms with van der Waals surface area (Å²) in [7, 11) is 0. The molecule has 0 spiro atoms. The van der Waals surface area contributed by atoms with Crippen LogP contribution in [0.4, 0.5) is 0 Å². The summed E-state index contributed by atoms with van der Waals surface area (Å²) in [5.41, 5.74) is 4.46. The highest BCUT2D eigenvalue weighted by Crippen LogP contribution is 2.42. The second-order valence-electron chi connectivity index (χ2n) is 3.94. The molecule has 2 aliphatic rings. The molecule has 0 aromatic heterocycles. The lowest BCUT2D eigenvalue weighted by molar-refractivity contribution is -0.145. The summed E-state index contributed by atoms with van der Waals surface area (Å²) in [6, 6.07) is 0. The Bertz CT molecular complexity index is 295. The van der Waals surface area contributed by atoms with E-state index < -0.39 is 11.3 Å². The summed E-state index contributed by atoms with van der Waals surface area (Å²) in [4.78, 5) is 23.1. The van der Waals surface area contributed by atoms with E-state index in [4.69, 9.17) is 5.73 Å². The summed E-state index contributed by atoms with van der Waals surface area (Å²) in [6.45, 7) is 0. The van der Waals surface area contributed by atoms with Crippen LogP contribution in [-0.2, 0) is 9.59 Å². The zero-order chi connectivity index (χ0) is 9.47. The number of allylic oxidation sites excluding steroid dienone is 2. The van der Waals surface area contributed by atoms with Gasteiger partial charge in [-0.3, -0.25) is 9.59 Å². The maximum atomic E-state index is 11.8. The van der Waals surface area contributed by atoms with E-state index in [9.17, 15) is 9.59 Å². The van der Waals surface area contributed by atoms with Crippen LogP contribution in [0, 0.1) is 11.3 Å². The van der Waals surface area contributed by atoms with Gasteiger partial charge in [-0.2, -0.15) is 0 Å². The molecule has 2 bridgehead atoms. The molecule has 3 heteroatoms. The molecule has 2 aliphatic carbocycles. The summed E-state index contributed by atoms with van der Waals surface area (Å²) in [6.07, 6.45) is 6.81. The highest BCUT2D eigenvalue weighted by atomic mass is 16.2. The second kappa shape index (κ2) is 2.69.